The SMILES string of the molecule is COc1ccc(Br)c(CC(CO)C(C)C)c1. The van der Waals surface area contributed by atoms with E-state index in [0.717, 1.165) is 16.6 Å². The van der Waals surface area contributed by atoms with Crippen LogP contribution in [-0.2, 0) is 6.42 Å². The predicted molar refractivity (Wildman–Crippen MR) is 69.8 cm³/mol. The Bertz CT molecular complexity index is 337. The molecule has 0 aliphatic rings. The third-order valence-electron chi connectivity index (χ3n) is 2.91. The van der Waals surface area contributed by atoms with E-state index in [1.807, 2.05) is 18.2 Å². The van der Waals surface area contributed by atoms with Crippen molar-refractivity contribution in [1.29, 1.82) is 0 Å². The van der Waals surface area contributed by atoms with Gasteiger partial charge in [-0.05, 0) is 42.0 Å². The fourth-order valence-electron chi connectivity index (χ4n) is 1.63. The van der Waals surface area contributed by atoms with Gasteiger partial charge in [0, 0.05) is 11.1 Å². The average molecular weight is 287 g/mol. The third kappa shape index (κ3) is 3.49. The molecule has 1 atom stereocenters. The Balaban J connectivity index is 2.86. The van der Waals surface area contributed by atoms with Crippen molar-refractivity contribution in [3.05, 3.63) is 28.2 Å². The molecule has 1 aromatic rings. The van der Waals surface area contributed by atoms with Crippen molar-refractivity contribution < 1.29 is 9.84 Å². The van der Waals surface area contributed by atoms with Crippen molar-refractivity contribution in [1.82, 2.24) is 0 Å². The molecule has 16 heavy (non-hydrogen) atoms. The number of aliphatic hydroxyl groups is 1. The number of benzene rings is 1. The third-order valence-corrected chi connectivity index (χ3v) is 3.69. The van der Waals surface area contributed by atoms with Crippen LogP contribution in [0.25, 0.3) is 0 Å². The zero-order valence-electron chi connectivity index (χ0n) is 10.0. The highest BCUT2D eigenvalue weighted by Crippen LogP contribution is 2.26. The highest BCUT2D eigenvalue weighted by atomic mass is 79.9. The molecule has 0 aliphatic carbocycles. The van der Waals surface area contributed by atoms with Crippen LogP contribution in [0.4, 0.5) is 0 Å². The fraction of sp³-hybridized carbons (Fsp3) is 0.538. The molecule has 0 heterocycles. The summed E-state index contributed by atoms with van der Waals surface area (Å²) in [5, 5.41) is 9.33. The van der Waals surface area contributed by atoms with Gasteiger partial charge in [-0.2, -0.15) is 0 Å². The van der Waals surface area contributed by atoms with Crippen LogP contribution >= 0.6 is 15.9 Å². The maximum Gasteiger partial charge on any atom is 0.119 e. The monoisotopic (exact) mass is 286 g/mol. The van der Waals surface area contributed by atoms with E-state index >= 15 is 0 Å². The van der Waals surface area contributed by atoms with Crippen LogP contribution in [0.2, 0.25) is 0 Å². The zero-order valence-corrected chi connectivity index (χ0v) is 11.6. The first kappa shape index (κ1) is 13.5. The summed E-state index contributed by atoms with van der Waals surface area (Å²) in [7, 11) is 1.67. The van der Waals surface area contributed by atoms with Crippen LogP contribution in [0.1, 0.15) is 19.4 Å². The number of aliphatic hydroxyl groups excluding tert-OH is 1. The number of hydrogen-bond acceptors (Lipinski definition) is 2. The molecule has 0 amide bonds. The largest absolute Gasteiger partial charge is 0.497 e. The summed E-state index contributed by atoms with van der Waals surface area (Å²) >= 11 is 3.53. The molecule has 3 heteroatoms. The van der Waals surface area contributed by atoms with Crippen LogP contribution in [0, 0.1) is 11.8 Å². The Morgan fingerprint density at radius 2 is 2.06 bits per heavy atom. The second kappa shape index (κ2) is 6.26. The summed E-state index contributed by atoms with van der Waals surface area (Å²) in [5.41, 5.74) is 1.19. The molecule has 90 valence electrons. The maximum atomic E-state index is 9.33. The highest BCUT2D eigenvalue weighted by molar-refractivity contribution is 9.10. The summed E-state index contributed by atoms with van der Waals surface area (Å²) in [6.07, 6.45) is 0.867. The number of rotatable bonds is 5. The van der Waals surface area contributed by atoms with Gasteiger partial charge in [-0.1, -0.05) is 29.8 Å². The Labute approximate surface area is 106 Å². The number of ether oxygens (including phenoxy) is 1. The van der Waals surface area contributed by atoms with E-state index in [-0.39, 0.29) is 6.61 Å². The average Bonchev–Trinajstić information content (AvgIpc) is 2.27. The molecule has 1 N–H and O–H groups in total. The van der Waals surface area contributed by atoms with E-state index < -0.39 is 0 Å². The van der Waals surface area contributed by atoms with E-state index in [2.05, 4.69) is 29.8 Å². The summed E-state index contributed by atoms with van der Waals surface area (Å²) in [4.78, 5) is 0. The molecule has 1 unspecified atom stereocenters. The van der Waals surface area contributed by atoms with Crippen molar-refractivity contribution in [2.24, 2.45) is 11.8 Å². The van der Waals surface area contributed by atoms with Gasteiger partial charge in [-0.25, -0.2) is 0 Å². The quantitative estimate of drug-likeness (QED) is 0.900. The Hall–Kier alpha value is -0.540. The summed E-state index contributed by atoms with van der Waals surface area (Å²) in [6.45, 7) is 4.49. The minimum Gasteiger partial charge on any atom is -0.497 e. The normalized spacial score (nSPS) is 12.9. The van der Waals surface area contributed by atoms with E-state index in [0.29, 0.717) is 11.8 Å². The summed E-state index contributed by atoms with van der Waals surface area (Å²) < 4.78 is 6.28. The molecule has 0 fully saturated rings. The fourth-order valence-corrected chi connectivity index (χ4v) is 2.04. The minimum atomic E-state index is 0.224. The lowest BCUT2D eigenvalue weighted by atomic mass is 9.90. The van der Waals surface area contributed by atoms with Gasteiger partial charge in [-0.3, -0.25) is 0 Å². The van der Waals surface area contributed by atoms with Crippen LogP contribution in [-0.4, -0.2) is 18.8 Å². The Kier molecular flexibility index (Phi) is 5.29. The van der Waals surface area contributed by atoms with Gasteiger partial charge in [0.25, 0.3) is 0 Å². The molecule has 0 spiro atoms. The minimum absolute atomic E-state index is 0.224. The van der Waals surface area contributed by atoms with Gasteiger partial charge in [0.1, 0.15) is 5.75 Å². The van der Waals surface area contributed by atoms with Gasteiger partial charge in [0.15, 0.2) is 0 Å². The molecule has 0 saturated carbocycles. The van der Waals surface area contributed by atoms with Gasteiger partial charge >= 0.3 is 0 Å². The lowest BCUT2D eigenvalue weighted by molar-refractivity contribution is 0.189. The lowest BCUT2D eigenvalue weighted by Crippen LogP contribution is -2.16. The predicted octanol–water partition coefficient (Wildman–Crippen LogP) is 3.26. The van der Waals surface area contributed by atoms with E-state index in [4.69, 9.17) is 4.74 Å². The first-order valence-electron chi connectivity index (χ1n) is 5.51. The molecule has 1 aromatic carbocycles. The maximum absolute atomic E-state index is 9.33. The number of methoxy groups -OCH3 is 1. The molecule has 0 saturated heterocycles. The topological polar surface area (TPSA) is 29.5 Å². The lowest BCUT2D eigenvalue weighted by Gasteiger charge is -2.19. The Morgan fingerprint density at radius 3 is 2.56 bits per heavy atom. The zero-order chi connectivity index (χ0) is 12.1. The van der Waals surface area contributed by atoms with Gasteiger partial charge in [-0.15, -0.1) is 0 Å². The van der Waals surface area contributed by atoms with E-state index in [1.54, 1.807) is 7.11 Å². The molecule has 0 radical (unpaired) electrons. The van der Waals surface area contributed by atoms with Crippen molar-refractivity contribution in [2.45, 2.75) is 20.3 Å². The van der Waals surface area contributed by atoms with Crippen LogP contribution in [0.5, 0.6) is 5.75 Å². The first-order chi connectivity index (χ1) is 7.58. The van der Waals surface area contributed by atoms with Crippen molar-refractivity contribution in [2.75, 3.05) is 13.7 Å². The molecule has 0 bridgehead atoms. The Morgan fingerprint density at radius 1 is 1.38 bits per heavy atom. The highest BCUT2D eigenvalue weighted by Gasteiger charge is 2.14. The summed E-state index contributed by atoms with van der Waals surface area (Å²) in [5.74, 6) is 1.63. The number of hydrogen-bond donors (Lipinski definition) is 1. The second-order valence-corrected chi connectivity index (χ2v) is 5.20. The van der Waals surface area contributed by atoms with Crippen LogP contribution < -0.4 is 4.74 Å². The molecule has 2 nitrogen and oxygen atoms in total. The standard InChI is InChI=1S/C13H19BrO2/c1-9(2)11(8-15)6-10-7-12(16-3)4-5-13(10)14/h4-5,7,9,11,15H,6,8H2,1-3H3. The molecule has 0 aliphatic heterocycles. The van der Waals surface area contributed by atoms with Gasteiger partial charge < -0.3 is 9.84 Å². The molecule has 1 rings (SSSR count). The van der Waals surface area contributed by atoms with Crippen LogP contribution in [0.15, 0.2) is 22.7 Å². The molecule has 0 aromatic heterocycles. The van der Waals surface area contributed by atoms with Crippen molar-refractivity contribution in [3.8, 4) is 5.75 Å². The molecular weight excluding hydrogens is 268 g/mol. The summed E-state index contributed by atoms with van der Waals surface area (Å²) in [6, 6.07) is 5.94. The second-order valence-electron chi connectivity index (χ2n) is 4.35. The smallest absolute Gasteiger partial charge is 0.119 e. The van der Waals surface area contributed by atoms with Crippen LogP contribution in [0.3, 0.4) is 0 Å². The van der Waals surface area contributed by atoms with E-state index in [1.165, 1.54) is 5.56 Å². The van der Waals surface area contributed by atoms with Crippen molar-refractivity contribution in [3.63, 3.8) is 0 Å². The van der Waals surface area contributed by atoms with Gasteiger partial charge in [0.05, 0.1) is 7.11 Å². The van der Waals surface area contributed by atoms with Gasteiger partial charge in [0.2, 0.25) is 0 Å². The molecular formula is C13H19BrO2. The first-order valence-corrected chi connectivity index (χ1v) is 6.31. The van der Waals surface area contributed by atoms with Crippen molar-refractivity contribution >= 4 is 15.9 Å². The van der Waals surface area contributed by atoms with E-state index in [9.17, 15) is 5.11 Å². The number of halogens is 1.